The summed E-state index contributed by atoms with van der Waals surface area (Å²) >= 11 is 0. The smallest absolute Gasteiger partial charge is 0.279 e. The molecule has 1 aromatic carbocycles. The van der Waals surface area contributed by atoms with Crippen molar-refractivity contribution in [2.45, 2.75) is 0 Å². The number of nitro benzene ring substituents is 1. The number of non-ortho nitro benzene ring substituents is 1. The summed E-state index contributed by atoms with van der Waals surface area (Å²) in [6.45, 7) is 0. The monoisotopic (exact) mass is 231 g/mol. The first kappa shape index (κ1) is 11.3. The van der Waals surface area contributed by atoms with Crippen LogP contribution in [0.15, 0.2) is 24.3 Å². The molecule has 1 rings (SSSR count). The predicted octanol–water partition coefficient (Wildman–Crippen LogP) is 0.623. The molecule has 0 aliphatic heterocycles. The minimum Gasteiger partial charge on any atom is -0.279 e. The number of nitro groups is 1. The summed E-state index contributed by atoms with van der Waals surface area (Å²) in [5, 5.41) is 8.74. The fourth-order valence-corrected chi connectivity index (χ4v) is 1.30. The third-order valence-corrected chi connectivity index (χ3v) is 2.25. The van der Waals surface area contributed by atoms with E-state index in [-0.39, 0.29) is 11.3 Å². The van der Waals surface area contributed by atoms with Gasteiger partial charge >= 0.3 is 15.2 Å². The first-order valence-electron chi connectivity index (χ1n) is 3.58. The molecule has 0 radical (unpaired) electrons. The van der Waals surface area contributed by atoms with Crippen LogP contribution in [0.5, 0.6) is 0 Å². The Morgan fingerprint density at radius 3 is 2.07 bits per heavy atom. The molecule has 7 nitrogen and oxygen atoms in total. The van der Waals surface area contributed by atoms with Gasteiger partial charge in [0.15, 0.2) is 0 Å². The van der Waals surface area contributed by atoms with Gasteiger partial charge in [-0.1, -0.05) is 0 Å². The molecule has 0 fully saturated rings. The summed E-state index contributed by atoms with van der Waals surface area (Å²) < 4.78 is 29.3. The average molecular weight is 231 g/mol. The van der Waals surface area contributed by atoms with Crippen molar-refractivity contribution < 1.29 is 22.7 Å². The Kier molecular flexibility index (Phi) is 2.82. The molecule has 1 aromatic rings. The van der Waals surface area contributed by atoms with Gasteiger partial charge in [0, 0.05) is 17.7 Å². The van der Waals surface area contributed by atoms with E-state index in [1.807, 2.05) is 0 Å². The average Bonchev–Trinajstić information content (AvgIpc) is 2.15. The molecule has 0 saturated heterocycles. The lowest BCUT2D eigenvalue weighted by atomic mass is 10.2. The van der Waals surface area contributed by atoms with Crippen molar-refractivity contribution in [3.63, 3.8) is 0 Å². The van der Waals surface area contributed by atoms with Gasteiger partial charge in [-0.2, -0.15) is 8.42 Å². The highest BCUT2D eigenvalue weighted by atomic mass is 32.2. The van der Waals surface area contributed by atoms with Crippen molar-refractivity contribution in [3.05, 3.63) is 39.9 Å². The Morgan fingerprint density at radius 1 is 1.27 bits per heavy atom. The van der Waals surface area contributed by atoms with Crippen LogP contribution in [0.4, 0.5) is 5.69 Å². The van der Waals surface area contributed by atoms with E-state index in [0.29, 0.717) is 0 Å². The largest absolute Gasteiger partial charge is 0.333 e. The molecule has 1 N–H and O–H groups in total. The van der Waals surface area contributed by atoms with Gasteiger partial charge in [-0.15, -0.1) is 0 Å². The third-order valence-electron chi connectivity index (χ3n) is 1.55. The van der Waals surface area contributed by atoms with E-state index in [1.54, 1.807) is 0 Å². The molecular formula is C7H5NO6S. The van der Waals surface area contributed by atoms with E-state index in [2.05, 4.69) is 0 Å². The fourth-order valence-electron chi connectivity index (χ4n) is 0.868. The van der Waals surface area contributed by atoms with Crippen LogP contribution in [0, 0.1) is 10.1 Å². The number of benzene rings is 1. The van der Waals surface area contributed by atoms with E-state index in [1.165, 1.54) is 0 Å². The minimum atomic E-state index is -4.80. The van der Waals surface area contributed by atoms with Gasteiger partial charge in [0.1, 0.15) is 0 Å². The number of nitrogens with zero attached hydrogens (tertiary/aromatic N) is 1. The Labute approximate surface area is 84.2 Å². The first-order chi connectivity index (χ1) is 6.82. The quantitative estimate of drug-likeness (QED) is 0.453. The third kappa shape index (κ3) is 2.58. The van der Waals surface area contributed by atoms with Crippen molar-refractivity contribution in [3.8, 4) is 0 Å². The summed E-state index contributed by atoms with van der Waals surface area (Å²) in [6.07, 6.45) is 0. The molecule has 0 aromatic heterocycles. The molecule has 0 bridgehead atoms. The van der Waals surface area contributed by atoms with Crippen LogP contribution in [0.25, 0.3) is 0 Å². The highest BCUT2D eigenvalue weighted by molar-refractivity contribution is 8.01. The highest BCUT2D eigenvalue weighted by Crippen LogP contribution is 2.13. The van der Waals surface area contributed by atoms with Crippen molar-refractivity contribution in [2.75, 3.05) is 0 Å². The maximum atomic E-state index is 10.9. The molecule has 0 unspecified atom stereocenters. The van der Waals surface area contributed by atoms with Crippen molar-refractivity contribution in [1.29, 1.82) is 0 Å². The van der Waals surface area contributed by atoms with Gasteiger partial charge in [-0.3, -0.25) is 19.5 Å². The Bertz CT molecular complexity index is 503. The van der Waals surface area contributed by atoms with E-state index >= 15 is 0 Å². The van der Waals surface area contributed by atoms with Crippen LogP contribution in [-0.2, 0) is 10.1 Å². The molecule has 0 spiro atoms. The number of rotatable bonds is 2. The van der Waals surface area contributed by atoms with Crippen LogP contribution in [0.1, 0.15) is 10.4 Å². The molecule has 0 aliphatic carbocycles. The van der Waals surface area contributed by atoms with Gasteiger partial charge < -0.3 is 0 Å². The SMILES string of the molecule is O=C(c1ccc([N+](=O)[O-])cc1)S(=O)(=O)O. The van der Waals surface area contributed by atoms with Gasteiger partial charge in [0.2, 0.25) is 0 Å². The standard InChI is InChI=1S/C7H5NO6S/c9-7(15(12,13)14)5-1-3-6(4-2-5)8(10)11/h1-4H,(H,12,13,14). The molecule has 80 valence electrons. The van der Waals surface area contributed by atoms with Crippen LogP contribution < -0.4 is 0 Å². The Balaban J connectivity index is 3.11. The lowest BCUT2D eigenvalue weighted by Crippen LogP contribution is -2.13. The zero-order chi connectivity index (χ0) is 11.6. The van der Waals surface area contributed by atoms with E-state index < -0.39 is 20.2 Å². The molecule has 0 amide bonds. The van der Waals surface area contributed by atoms with Gasteiger partial charge in [-0.25, -0.2) is 0 Å². The Morgan fingerprint density at radius 2 is 1.73 bits per heavy atom. The van der Waals surface area contributed by atoms with Crippen LogP contribution >= 0.6 is 0 Å². The first-order valence-corrected chi connectivity index (χ1v) is 5.02. The maximum Gasteiger partial charge on any atom is 0.333 e. The second-order valence-corrected chi connectivity index (χ2v) is 3.89. The van der Waals surface area contributed by atoms with Crippen LogP contribution in [0.2, 0.25) is 0 Å². The zero-order valence-corrected chi connectivity index (χ0v) is 7.97. The van der Waals surface area contributed by atoms with Gasteiger partial charge in [0.05, 0.1) is 4.92 Å². The number of carbonyl (C=O) groups is 1. The highest BCUT2D eigenvalue weighted by Gasteiger charge is 2.21. The van der Waals surface area contributed by atoms with Crippen molar-refractivity contribution in [2.24, 2.45) is 0 Å². The molecule has 0 heterocycles. The topological polar surface area (TPSA) is 115 Å². The molecule has 0 saturated carbocycles. The maximum absolute atomic E-state index is 10.9. The number of hydrogen-bond donors (Lipinski definition) is 1. The van der Waals surface area contributed by atoms with E-state index in [4.69, 9.17) is 4.55 Å². The van der Waals surface area contributed by atoms with E-state index in [0.717, 1.165) is 24.3 Å². The molecule has 15 heavy (non-hydrogen) atoms. The Hall–Kier alpha value is -1.80. The summed E-state index contributed by atoms with van der Waals surface area (Å²) in [7, 11) is -4.80. The molecule has 0 atom stereocenters. The second-order valence-electron chi connectivity index (χ2n) is 2.57. The van der Waals surface area contributed by atoms with Crippen LogP contribution in [0.3, 0.4) is 0 Å². The van der Waals surface area contributed by atoms with Gasteiger partial charge in [-0.05, 0) is 12.1 Å². The summed E-state index contributed by atoms with van der Waals surface area (Å²) in [4.78, 5) is 20.5. The summed E-state index contributed by atoms with van der Waals surface area (Å²) in [5.41, 5.74) is -0.606. The normalized spacial score (nSPS) is 11.0. The van der Waals surface area contributed by atoms with E-state index in [9.17, 15) is 23.3 Å². The summed E-state index contributed by atoms with van der Waals surface area (Å²) in [6, 6.07) is 3.85. The molecule has 8 heteroatoms. The van der Waals surface area contributed by atoms with Gasteiger partial charge in [0.25, 0.3) is 5.69 Å². The molecular weight excluding hydrogens is 226 g/mol. The molecule has 0 aliphatic rings. The zero-order valence-electron chi connectivity index (χ0n) is 7.15. The fraction of sp³-hybridized carbons (Fsp3) is 0. The van der Waals surface area contributed by atoms with Crippen molar-refractivity contribution >= 4 is 20.9 Å². The van der Waals surface area contributed by atoms with Crippen LogP contribution in [-0.4, -0.2) is 23.0 Å². The van der Waals surface area contributed by atoms with Crippen molar-refractivity contribution in [1.82, 2.24) is 0 Å². The lowest BCUT2D eigenvalue weighted by Gasteiger charge is -1.96. The predicted molar refractivity (Wildman–Crippen MR) is 49.0 cm³/mol. The lowest BCUT2D eigenvalue weighted by molar-refractivity contribution is -0.384. The minimum absolute atomic E-state index is 0.276. The number of hydrogen-bond acceptors (Lipinski definition) is 5. The second kappa shape index (κ2) is 3.75. The summed E-state index contributed by atoms with van der Waals surface area (Å²) in [5.74, 6) is 0. The number of carbonyl (C=O) groups excluding carboxylic acids is 1.